The molecule has 3 N–H and O–H groups in total. The number of ether oxygens (including phenoxy) is 1. The SMILES string of the molecule is Cc1cc(C(=O)O)ccc1NC(=O)C(C)(C)NC(=O)OCC1c2ccccc2-c2ccccc21. The molecule has 0 aromatic heterocycles. The highest BCUT2D eigenvalue weighted by molar-refractivity contribution is 6.00. The van der Waals surface area contributed by atoms with E-state index in [1.807, 2.05) is 36.4 Å². The average molecular weight is 459 g/mol. The van der Waals surface area contributed by atoms with Gasteiger partial charge in [0.2, 0.25) is 5.91 Å². The monoisotopic (exact) mass is 458 g/mol. The smallest absolute Gasteiger partial charge is 0.408 e. The van der Waals surface area contributed by atoms with Crippen molar-refractivity contribution in [1.29, 1.82) is 0 Å². The minimum absolute atomic E-state index is 0.0783. The van der Waals surface area contributed by atoms with Crippen molar-refractivity contribution in [1.82, 2.24) is 5.32 Å². The fourth-order valence-corrected chi connectivity index (χ4v) is 4.16. The molecule has 0 unspecified atom stereocenters. The van der Waals surface area contributed by atoms with Crippen molar-refractivity contribution in [3.05, 3.63) is 89.0 Å². The molecule has 1 aliphatic carbocycles. The predicted molar refractivity (Wildman–Crippen MR) is 129 cm³/mol. The third-order valence-electron chi connectivity index (χ3n) is 6.05. The number of amides is 2. The molecule has 34 heavy (non-hydrogen) atoms. The van der Waals surface area contributed by atoms with Crippen LogP contribution in [0, 0.1) is 6.92 Å². The predicted octanol–water partition coefficient (Wildman–Crippen LogP) is 4.95. The largest absolute Gasteiger partial charge is 0.478 e. The summed E-state index contributed by atoms with van der Waals surface area (Å²) < 4.78 is 5.55. The maximum atomic E-state index is 12.8. The number of aromatic carboxylic acids is 1. The van der Waals surface area contributed by atoms with Gasteiger partial charge in [0.15, 0.2) is 0 Å². The van der Waals surface area contributed by atoms with E-state index in [1.54, 1.807) is 20.8 Å². The highest BCUT2D eigenvalue weighted by Crippen LogP contribution is 2.44. The number of nitrogens with one attached hydrogen (secondary N) is 2. The highest BCUT2D eigenvalue weighted by Gasteiger charge is 2.33. The van der Waals surface area contributed by atoms with E-state index >= 15 is 0 Å². The van der Waals surface area contributed by atoms with Gasteiger partial charge < -0.3 is 20.5 Å². The van der Waals surface area contributed by atoms with Crippen LogP contribution in [-0.4, -0.2) is 35.2 Å². The molecule has 2 amide bonds. The van der Waals surface area contributed by atoms with Crippen LogP contribution >= 0.6 is 0 Å². The zero-order valence-corrected chi connectivity index (χ0v) is 19.2. The lowest BCUT2D eigenvalue weighted by atomic mass is 9.98. The molecule has 7 nitrogen and oxygen atoms in total. The molecule has 0 spiro atoms. The lowest BCUT2D eigenvalue weighted by Crippen LogP contribution is -2.52. The third kappa shape index (κ3) is 4.50. The zero-order chi connectivity index (χ0) is 24.5. The number of carboxylic acid groups (broad SMARTS) is 1. The summed E-state index contributed by atoms with van der Waals surface area (Å²) in [5, 5.41) is 14.5. The van der Waals surface area contributed by atoms with Gasteiger partial charge in [0.1, 0.15) is 12.1 Å². The number of hydrogen-bond donors (Lipinski definition) is 3. The first kappa shape index (κ1) is 23.0. The van der Waals surface area contributed by atoms with E-state index in [4.69, 9.17) is 9.84 Å². The molecule has 3 aromatic carbocycles. The van der Waals surface area contributed by atoms with Crippen LogP contribution in [0.1, 0.15) is 46.8 Å². The van der Waals surface area contributed by atoms with Crippen molar-refractivity contribution >= 4 is 23.7 Å². The Labute approximate surface area is 197 Å². The molecule has 7 heteroatoms. The van der Waals surface area contributed by atoms with Gasteiger partial charge in [0.05, 0.1) is 5.56 Å². The Balaban J connectivity index is 1.40. The molecule has 0 saturated carbocycles. The summed E-state index contributed by atoms with van der Waals surface area (Å²) >= 11 is 0. The van der Waals surface area contributed by atoms with E-state index in [0.29, 0.717) is 11.3 Å². The van der Waals surface area contributed by atoms with E-state index in [1.165, 1.54) is 18.2 Å². The number of alkyl carbamates (subject to hydrolysis) is 1. The number of anilines is 1. The fraction of sp³-hybridized carbons (Fsp3) is 0.222. The Bertz CT molecular complexity index is 1240. The molecule has 0 fully saturated rings. The van der Waals surface area contributed by atoms with Gasteiger partial charge in [-0.2, -0.15) is 0 Å². The Hall–Kier alpha value is -4.13. The summed E-state index contributed by atoms with van der Waals surface area (Å²) in [6, 6.07) is 20.5. The molecule has 174 valence electrons. The number of rotatable bonds is 6. The van der Waals surface area contributed by atoms with Gasteiger partial charge in [-0.3, -0.25) is 4.79 Å². The van der Waals surface area contributed by atoms with Crippen LogP contribution in [0.25, 0.3) is 11.1 Å². The van der Waals surface area contributed by atoms with Crippen LogP contribution in [-0.2, 0) is 9.53 Å². The number of fused-ring (bicyclic) bond motifs is 3. The first-order chi connectivity index (χ1) is 16.2. The van der Waals surface area contributed by atoms with Gasteiger partial charge in [-0.15, -0.1) is 0 Å². The summed E-state index contributed by atoms with van der Waals surface area (Å²) in [4.78, 5) is 36.5. The second-order valence-corrected chi connectivity index (χ2v) is 8.86. The average Bonchev–Trinajstić information content (AvgIpc) is 3.12. The first-order valence-electron chi connectivity index (χ1n) is 11.0. The Morgan fingerprint density at radius 1 is 0.941 bits per heavy atom. The number of carbonyl (C=O) groups is 3. The lowest BCUT2D eigenvalue weighted by molar-refractivity contribution is -0.121. The molecule has 0 radical (unpaired) electrons. The molecule has 0 aliphatic heterocycles. The molecule has 0 atom stereocenters. The van der Waals surface area contributed by atoms with Crippen LogP contribution in [0.5, 0.6) is 0 Å². The van der Waals surface area contributed by atoms with Gasteiger partial charge in [-0.1, -0.05) is 48.5 Å². The lowest BCUT2D eigenvalue weighted by Gasteiger charge is -2.25. The van der Waals surface area contributed by atoms with Crippen LogP contribution in [0.3, 0.4) is 0 Å². The topological polar surface area (TPSA) is 105 Å². The van der Waals surface area contributed by atoms with Crippen LogP contribution in [0.2, 0.25) is 0 Å². The Kier molecular flexibility index (Phi) is 6.11. The van der Waals surface area contributed by atoms with Crippen molar-refractivity contribution in [2.24, 2.45) is 0 Å². The van der Waals surface area contributed by atoms with Gasteiger partial charge in [0, 0.05) is 11.6 Å². The van der Waals surface area contributed by atoms with E-state index in [-0.39, 0.29) is 18.1 Å². The van der Waals surface area contributed by atoms with Crippen LogP contribution < -0.4 is 10.6 Å². The van der Waals surface area contributed by atoms with Gasteiger partial charge in [-0.25, -0.2) is 9.59 Å². The third-order valence-corrected chi connectivity index (χ3v) is 6.05. The minimum atomic E-state index is -1.26. The van der Waals surface area contributed by atoms with E-state index in [0.717, 1.165) is 22.3 Å². The van der Waals surface area contributed by atoms with Crippen LogP contribution in [0.4, 0.5) is 10.5 Å². The normalized spacial score (nSPS) is 12.4. The van der Waals surface area contributed by atoms with Crippen LogP contribution in [0.15, 0.2) is 66.7 Å². The summed E-state index contributed by atoms with van der Waals surface area (Å²) in [6.45, 7) is 5.00. The molecule has 0 saturated heterocycles. The van der Waals surface area contributed by atoms with Crippen molar-refractivity contribution in [2.75, 3.05) is 11.9 Å². The molecular formula is C27H26N2O5. The molecule has 4 rings (SSSR count). The Morgan fingerprint density at radius 3 is 2.09 bits per heavy atom. The molecule has 1 aliphatic rings. The number of carboxylic acids is 1. The molecule has 0 bridgehead atoms. The standard InChI is InChI=1S/C27H26N2O5/c1-16-14-17(24(30)31)12-13-23(16)28-25(32)27(2,3)29-26(33)34-15-22-20-10-6-4-8-18(20)19-9-5-7-11-21(19)22/h4-14,22H,15H2,1-3H3,(H,28,32)(H,29,33)(H,30,31). The number of carbonyl (C=O) groups excluding carboxylic acids is 2. The second-order valence-electron chi connectivity index (χ2n) is 8.86. The van der Waals surface area contributed by atoms with E-state index in [2.05, 4.69) is 22.8 Å². The van der Waals surface area contributed by atoms with Crippen molar-refractivity contribution < 1.29 is 24.2 Å². The molecule has 0 heterocycles. The van der Waals surface area contributed by atoms with Crippen molar-refractivity contribution in [3.63, 3.8) is 0 Å². The maximum absolute atomic E-state index is 12.8. The van der Waals surface area contributed by atoms with Gasteiger partial charge >= 0.3 is 12.1 Å². The summed E-state index contributed by atoms with van der Waals surface area (Å²) in [5.41, 5.74) is 4.42. The van der Waals surface area contributed by atoms with E-state index in [9.17, 15) is 14.4 Å². The van der Waals surface area contributed by atoms with Crippen molar-refractivity contribution in [3.8, 4) is 11.1 Å². The molecule has 3 aromatic rings. The van der Waals surface area contributed by atoms with Crippen molar-refractivity contribution in [2.45, 2.75) is 32.2 Å². The number of aryl methyl sites for hydroxylation is 1. The fourth-order valence-electron chi connectivity index (χ4n) is 4.16. The van der Waals surface area contributed by atoms with Gasteiger partial charge in [0.25, 0.3) is 0 Å². The Morgan fingerprint density at radius 2 is 1.53 bits per heavy atom. The summed E-state index contributed by atoms with van der Waals surface area (Å²) in [5.74, 6) is -1.57. The number of hydrogen-bond acceptors (Lipinski definition) is 4. The molecular weight excluding hydrogens is 432 g/mol. The minimum Gasteiger partial charge on any atom is -0.478 e. The summed E-state index contributed by atoms with van der Waals surface area (Å²) in [6.07, 6.45) is -0.694. The van der Waals surface area contributed by atoms with Gasteiger partial charge in [-0.05, 0) is 66.8 Å². The zero-order valence-electron chi connectivity index (χ0n) is 19.2. The quantitative estimate of drug-likeness (QED) is 0.485. The maximum Gasteiger partial charge on any atom is 0.408 e. The van der Waals surface area contributed by atoms with E-state index < -0.39 is 23.5 Å². The second kappa shape index (κ2) is 9.02. The highest BCUT2D eigenvalue weighted by atomic mass is 16.5. The summed E-state index contributed by atoms with van der Waals surface area (Å²) in [7, 11) is 0. The first-order valence-corrected chi connectivity index (χ1v) is 11.0. The number of benzene rings is 3.